The van der Waals surface area contributed by atoms with Gasteiger partial charge in [-0.15, -0.1) is 5.10 Å². The maximum Gasteiger partial charge on any atom is 0.0931 e. The molecule has 2 rings (SSSR count). The van der Waals surface area contributed by atoms with Crippen molar-refractivity contribution in [3.8, 4) is 0 Å². The third-order valence-corrected chi connectivity index (χ3v) is 4.10. The summed E-state index contributed by atoms with van der Waals surface area (Å²) in [4.78, 5) is 0. The molecule has 20 heavy (non-hydrogen) atoms. The summed E-state index contributed by atoms with van der Waals surface area (Å²) in [5.74, 6) is 0. The minimum Gasteiger partial charge on any atom is -0.387 e. The Morgan fingerprint density at radius 1 is 1.25 bits per heavy atom. The van der Waals surface area contributed by atoms with Crippen LogP contribution in [0.5, 0.6) is 0 Å². The number of nitrogens with zero attached hydrogens (tertiary/aromatic N) is 3. The van der Waals surface area contributed by atoms with Crippen LogP contribution < -0.4 is 0 Å². The van der Waals surface area contributed by atoms with Crippen LogP contribution in [0.3, 0.4) is 0 Å². The van der Waals surface area contributed by atoms with Crippen LogP contribution in [0.15, 0.2) is 36.7 Å². The van der Waals surface area contributed by atoms with E-state index in [9.17, 15) is 5.11 Å². The van der Waals surface area contributed by atoms with E-state index >= 15 is 0 Å². The summed E-state index contributed by atoms with van der Waals surface area (Å²) >= 11 is 6.22. The third kappa shape index (κ3) is 3.19. The first kappa shape index (κ1) is 15.0. The number of aromatic nitrogens is 3. The summed E-state index contributed by atoms with van der Waals surface area (Å²) in [6.07, 6.45) is 3.83. The number of rotatable bonds is 4. The normalized spacial score (nSPS) is 15.1. The highest BCUT2D eigenvalue weighted by Gasteiger charge is 2.41. The maximum absolute atomic E-state index is 11.2. The molecule has 1 aromatic carbocycles. The number of halogens is 1. The average Bonchev–Trinajstić information content (AvgIpc) is 2.83. The maximum atomic E-state index is 11.2. The zero-order valence-electron chi connectivity index (χ0n) is 12.0. The van der Waals surface area contributed by atoms with Crippen molar-refractivity contribution in [2.24, 2.45) is 5.41 Å². The van der Waals surface area contributed by atoms with Gasteiger partial charge in [-0.1, -0.05) is 55.8 Å². The van der Waals surface area contributed by atoms with Gasteiger partial charge in [-0.3, -0.25) is 0 Å². The molecule has 0 fully saturated rings. The quantitative estimate of drug-likeness (QED) is 0.943. The van der Waals surface area contributed by atoms with Crippen molar-refractivity contribution < 1.29 is 5.11 Å². The van der Waals surface area contributed by atoms with Crippen LogP contribution in [-0.2, 0) is 13.0 Å². The van der Waals surface area contributed by atoms with Crippen LogP contribution in [0, 0.1) is 5.41 Å². The van der Waals surface area contributed by atoms with Gasteiger partial charge in [0, 0.05) is 17.6 Å². The van der Waals surface area contributed by atoms with Crippen molar-refractivity contribution in [2.75, 3.05) is 0 Å². The summed E-state index contributed by atoms with van der Waals surface area (Å²) in [5, 5.41) is 19.6. The molecule has 108 valence electrons. The fourth-order valence-electron chi connectivity index (χ4n) is 2.10. The summed E-state index contributed by atoms with van der Waals surface area (Å²) in [7, 11) is 0. The highest BCUT2D eigenvalue weighted by Crippen LogP contribution is 2.36. The Kier molecular flexibility index (Phi) is 4.16. The smallest absolute Gasteiger partial charge is 0.0931 e. The molecule has 0 saturated carbocycles. The number of hydrogen-bond donors (Lipinski definition) is 1. The van der Waals surface area contributed by atoms with E-state index in [0.717, 1.165) is 5.56 Å². The standard InChI is InChI=1S/C15H20ClN3O/c1-14(2,3)15(20,11-19-9-8-17-18-19)10-12-6-4-5-7-13(12)16/h4-9,20H,10-11H2,1-3H3. The first-order valence-electron chi connectivity index (χ1n) is 6.62. The fraction of sp³-hybridized carbons (Fsp3) is 0.467. The molecule has 1 heterocycles. The Labute approximate surface area is 124 Å². The zero-order chi connectivity index (χ0) is 14.8. The first-order valence-corrected chi connectivity index (χ1v) is 6.99. The van der Waals surface area contributed by atoms with Gasteiger partial charge in [0.05, 0.1) is 18.3 Å². The molecule has 0 aliphatic carbocycles. The molecule has 0 aliphatic heterocycles. The minimum absolute atomic E-state index is 0.321. The molecule has 0 aliphatic rings. The van der Waals surface area contributed by atoms with Gasteiger partial charge in [0.2, 0.25) is 0 Å². The van der Waals surface area contributed by atoms with E-state index in [1.54, 1.807) is 17.1 Å². The second-order valence-electron chi connectivity index (χ2n) is 6.15. The van der Waals surface area contributed by atoms with Crippen molar-refractivity contribution in [1.82, 2.24) is 15.0 Å². The lowest BCUT2D eigenvalue weighted by atomic mass is 9.73. The molecule has 0 saturated heterocycles. The predicted octanol–water partition coefficient (Wildman–Crippen LogP) is 2.95. The van der Waals surface area contributed by atoms with Crippen LogP contribution in [0.4, 0.5) is 0 Å². The Morgan fingerprint density at radius 2 is 1.95 bits per heavy atom. The summed E-state index contributed by atoms with van der Waals surface area (Å²) < 4.78 is 1.65. The lowest BCUT2D eigenvalue weighted by Crippen LogP contribution is -2.48. The molecule has 1 N–H and O–H groups in total. The van der Waals surface area contributed by atoms with Gasteiger partial charge in [0.25, 0.3) is 0 Å². The fourth-order valence-corrected chi connectivity index (χ4v) is 2.30. The second-order valence-corrected chi connectivity index (χ2v) is 6.56. The molecule has 0 radical (unpaired) electrons. The minimum atomic E-state index is -0.967. The molecule has 1 unspecified atom stereocenters. The Balaban J connectivity index is 2.31. The third-order valence-electron chi connectivity index (χ3n) is 3.73. The van der Waals surface area contributed by atoms with Gasteiger partial charge < -0.3 is 5.11 Å². The zero-order valence-corrected chi connectivity index (χ0v) is 12.8. The van der Waals surface area contributed by atoms with Crippen molar-refractivity contribution in [3.63, 3.8) is 0 Å². The SMILES string of the molecule is CC(C)(C)C(O)(Cc1ccccc1Cl)Cn1ccnn1. The number of benzene rings is 1. The molecular formula is C15H20ClN3O. The van der Waals surface area contributed by atoms with Crippen molar-refractivity contribution in [1.29, 1.82) is 0 Å². The van der Waals surface area contributed by atoms with Crippen LogP contribution >= 0.6 is 11.6 Å². The van der Waals surface area contributed by atoms with Crippen molar-refractivity contribution in [3.05, 3.63) is 47.2 Å². The highest BCUT2D eigenvalue weighted by atomic mass is 35.5. The molecule has 1 atom stereocenters. The highest BCUT2D eigenvalue weighted by molar-refractivity contribution is 6.31. The summed E-state index contributed by atoms with van der Waals surface area (Å²) in [5.41, 5.74) is -0.351. The van der Waals surface area contributed by atoms with Crippen LogP contribution in [0.25, 0.3) is 0 Å². The summed E-state index contributed by atoms with van der Waals surface area (Å²) in [6.45, 7) is 6.42. The van der Waals surface area contributed by atoms with Gasteiger partial charge in [-0.05, 0) is 17.0 Å². The molecule has 2 aromatic rings. The van der Waals surface area contributed by atoms with Gasteiger partial charge in [-0.25, -0.2) is 4.68 Å². The van der Waals surface area contributed by atoms with Gasteiger partial charge >= 0.3 is 0 Å². The Morgan fingerprint density at radius 3 is 2.50 bits per heavy atom. The van der Waals surface area contributed by atoms with Gasteiger partial charge in [0.15, 0.2) is 0 Å². The van der Waals surface area contributed by atoms with Crippen LogP contribution in [0.2, 0.25) is 5.02 Å². The Bertz CT molecular complexity index is 563. The van der Waals surface area contributed by atoms with E-state index in [0.29, 0.717) is 18.0 Å². The topological polar surface area (TPSA) is 50.9 Å². The van der Waals surface area contributed by atoms with Crippen molar-refractivity contribution >= 4 is 11.6 Å². The van der Waals surface area contributed by atoms with Gasteiger partial charge in [0.1, 0.15) is 0 Å². The first-order chi connectivity index (χ1) is 9.32. The molecule has 0 bridgehead atoms. The van der Waals surface area contributed by atoms with Gasteiger partial charge in [-0.2, -0.15) is 0 Å². The van der Waals surface area contributed by atoms with E-state index in [2.05, 4.69) is 10.3 Å². The van der Waals surface area contributed by atoms with Crippen LogP contribution in [0.1, 0.15) is 26.3 Å². The van der Waals surface area contributed by atoms with E-state index in [4.69, 9.17) is 11.6 Å². The monoisotopic (exact) mass is 293 g/mol. The van der Waals surface area contributed by atoms with E-state index < -0.39 is 5.60 Å². The molecule has 5 heteroatoms. The second kappa shape index (κ2) is 5.54. The lowest BCUT2D eigenvalue weighted by Gasteiger charge is -2.40. The summed E-state index contributed by atoms with van der Waals surface area (Å²) in [6, 6.07) is 7.61. The molecule has 4 nitrogen and oxygen atoms in total. The predicted molar refractivity (Wildman–Crippen MR) is 79.6 cm³/mol. The lowest BCUT2D eigenvalue weighted by molar-refractivity contribution is -0.0732. The largest absolute Gasteiger partial charge is 0.387 e. The average molecular weight is 294 g/mol. The number of hydrogen-bond acceptors (Lipinski definition) is 3. The molecular weight excluding hydrogens is 274 g/mol. The van der Waals surface area contributed by atoms with Crippen molar-refractivity contribution in [2.45, 2.75) is 39.3 Å². The molecule has 0 amide bonds. The van der Waals surface area contributed by atoms with E-state index in [1.807, 2.05) is 45.0 Å². The van der Waals surface area contributed by atoms with Crippen LogP contribution in [-0.4, -0.2) is 25.7 Å². The molecule has 0 spiro atoms. The Hall–Kier alpha value is -1.39. The molecule has 1 aromatic heterocycles. The number of aliphatic hydroxyl groups is 1. The van der Waals surface area contributed by atoms with E-state index in [-0.39, 0.29) is 5.41 Å². The van der Waals surface area contributed by atoms with E-state index in [1.165, 1.54) is 0 Å².